The van der Waals surface area contributed by atoms with Gasteiger partial charge in [0.25, 0.3) is 0 Å². The predicted molar refractivity (Wildman–Crippen MR) is 53.8 cm³/mol. The molecule has 1 atom stereocenters. The van der Waals surface area contributed by atoms with E-state index in [2.05, 4.69) is 11.9 Å². The zero-order chi connectivity index (χ0) is 11.4. The van der Waals surface area contributed by atoms with Gasteiger partial charge in [-0.15, -0.1) is 6.58 Å². The minimum atomic E-state index is -1.02. The van der Waals surface area contributed by atoms with E-state index in [-0.39, 0.29) is 12.3 Å². The summed E-state index contributed by atoms with van der Waals surface area (Å²) in [5, 5.41) is 11.3. The van der Waals surface area contributed by atoms with Gasteiger partial charge in [0.15, 0.2) is 0 Å². The van der Waals surface area contributed by atoms with Gasteiger partial charge in [-0.05, 0) is 5.41 Å². The molecule has 0 aromatic rings. The molecule has 0 rings (SSSR count). The Kier molecular flexibility index (Phi) is 4.34. The van der Waals surface area contributed by atoms with Crippen LogP contribution in [-0.2, 0) is 9.59 Å². The zero-order valence-electron chi connectivity index (χ0n) is 8.83. The van der Waals surface area contributed by atoms with Gasteiger partial charge in [0.05, 0.1) is 0 Å². The highest BCUT2D eigenvalue weighted by Gasteiger charge is 2.32. The first kappa shape index (κ1) is 12.7. The Morgan fingerprint density at radius 2 is 2.00 bits per heavy atom. The van der Waals surface area contributed by atoms with E-state index in [9.17, 15) is 9.59 Å². The van der Waals surface area contributed by atoms with Crippen LogP contribution in [0.3, 0.4) is 0 Å². The molecule has 0 aliphatic rings. The van der Waals surface area contributed by atoms with Crippen LogP contribution in [0.2, 0.25) is 0 Å². The molecular formula is C10H17NO3. The Morgan fingerprint density at radius 1 is 1.50 bits per heavy atom. The lowest BCUT2D eigenvalue weighted by Crippen LogP contribution is -2.48. The van der Waals surface area contributed by atoms with Gasteiger partial charge in [-0.3, -0.25) is 4.79 Å². The van der Waals surface area contributed by atoms with Crippen molar-refractivity contribution in [3.8, 4) is 0 Å². The Hall–Kier alpha value is -1.32. The molecule has 0 heterocycles. The van der Waals surface area contributed by atoms with Crippen molar-refractivity contribution in [3.05, 3.63) is 12.7 Å². The molecule has 14 heavy (non-hydrogen) atoms. The molecule has 0 aliphatic heterocycles. The highest BCUT2D eigenvalue weighted by Crippen LogP contribution is 2.19. The molecule has 0 radical (unpaired) electrons. The summed E-state index contributed by atoms with van der Waals surface area (Å²) in [4.78, 5) is 22.0. The number of carboxylic acid groups (broad SMARTS) is 1. The fourth-order valence-corrected chi connectivity index (χ4v) is 1.000. The van der Waals surface area contributed by atoms with E-state index >= 15 is 0 Å². The second-order valence-corrected chi connectivity index (χ2v) is 4.20. The van der Waals surface area contributed by atoms with Gasteiger partial charge in [-0.2, -0.15) is 0 Å². The van der Waals surface area contributed by atoms with Crippen molar-refractivity contribution < 1.29 is 14.7 Å². The normalized spacial score (nSPS) is 13.1. The molecule has 0 saturated heterocycles. The van der Waals surface area contributed by atoms with Crippen molar-refractivity contribution >= 4 is 11.9 Å². The third-order valence-electron chi connectivity index (χ3n) is 1.75. The largest absolute Gasteiger partial charge is 0.480 e. The maximum absolute atomic E-state index is 11.2. The highest BCUT2D eigenvalue weighted by molar-refractivity contribution is 5.84. The summed E-state index contributed by atoms with van der Waals surface area (Å²) in [5.41, 5.74) is -0.497. The number of hydrogen-bond donors (Lipinski definition) is 2. The Balaban J connectivity index is 4.47. The fourth-order valence-electron chi connectivity index (χ4n) is 1.000. The lowest BCUT2D eigenvalue weighted by atomic mass is 9.86. The first-order valence-corrected chi connectivity index (χ1v) is 4.42. The molecule has 4 heteroatoms. The Labute approximate surface area is 84.0 Å². The van der Waals surface area contributed by atoms with Crippen LogP contribution in [0.25, 0.3) is 0 Å². The topological polar surface area (TPSA) is 66.4 Å². The van der Waals surface area contributed by atoms with E-state index in [0.717, 1.165) is 0 Å². The fraction of sp³-hybridized carbons (Fsp3) is 0.600. The van der Waals surface area contributed by atoms with Crippen LogP contribution in [0.15, 0.2) is 12.7 Å². The van der Waals surface area contributed by atoms with Gasteiger partial charge in [0.2, 0.25) is 5.91 Å². The summed E-state index contributed by atoms with van der Waals surface area (Å²) in [5.74, 6) is -1.34. The number of hydrogen-bond acceptors (Lipinski definition) is 2. The van der Waals surface area contributed by atoms with Crippen molar-refractivity contribution in [2.24, 2.45) is 5.41 Å². The van der Waals surface area contributed by atoms with E-state index in [1.54, 1.807) is 20.8 Å². The van der Waals surface area contributed by atoms with Gasteiger partial charge in [0, 0.05) is 6.42 Å². The summed E-state index contributed by atoms with van der Waals surface area (Å²) in [6, 6.07) is -0.866. The Morgan fingerprint density at radius 3 is 2.29 bits per heavy atom. The second kappa shape index (κ2) is 4.79. The highest BCUT2D eigenvalue weighted by atomic mass is 16.4. The van der Waals surface area contributed by atoms with Crippen molar-refractivity contribution in [2.75, 3.05) is 0 Å². The van der Waals surface area contributed by atoms with Crippen molar-refractivity contribution in [3.63, 3.8) is 0 Å². The molecule has 2 N–H and O–H groups in total. The second-order valence-electron chi connectivity index (χ2n) is 4.20. The number of carboxylic acids is 1. The number of carbonyl (C=O) groups is 2. The summed E-state index contributed by atoms with van der Waals surface area (Å²) < 4.78 is 0. The standard InChI is InChI=1S/C10H17NO3/c1-5-6-7(12)11-8(9(13)14)10(2,3)4/h5,8H,1,6H2,2-4H3,(H,11,12)(H,13,14). The molecule has 0 fully saturated rings. The van der Waals surface area contributed by atoms with E-state index in [0.29, 0.717) is 0 Å². The van der Waals surface area contributed by atoms with E-state index in [4.69, 9.17) is 5.11 Å². The Bertz CT molecular complexity index is 240. The van der Waals surface area contributed by atoms with Gasteiger partial charge in [-0.25, -0.2) is 4.79 Å². The molecule has 4 nitrogen and oxygen atoms in total. The number of rotatable bonds is 4. The molecule has 0 aliphatic carbocycles. The third-order valence-corrected chi connectivity index (χ3v) is 1.75. The average Bonchev–Trinajstić information content (AvgIpc) is 1.98. The van der Waals surface area contributed by atoms with Crippen LogP contribution >= 0.6 is 0 Å². The smallest absolute Gasteiger partial charge is 0.326 e. The molecule has 0 spiro atoms. The quantitative estimate of drug-likeness (QED) is 0.668. The number of aliphatic carboxylic acids is 1. The molecule has 0 bridgehead atoms. The van der Waals surface area contributed by atoms with Crippen molar-refractivity contribution in [1.29, 1.82) is 0 Å². The van der Waals surface area contributed by atoms with Crippen LogP contribution in [0.5, 0.6) is 0 Å². The first-order chi connectivity index (χ1) is 6.29. The number of amides is 1. The summed E-state index contributed by atoms with van der Waals surface area (Å²) in [7, 11) is 0. The van der Waals surface area contributed by atoms with Crippen LogP contribution in [0, 0.1) is 5.41 Å². The molecule has 0 aromatic heterocycles. The maximum Gasteiger partial charge on any atom is 0.326 e. The number of carbonyl (C=O) groups excluding carboxylic acids is 1. The average molecular weight is 199 g/mol. The van der Waals surface area contributed by atoms with Gasteiger partial charge < -0.3 is 10.4 Å². The monoisotopic (exact) mass is 199 g/mol. The van der Waals surface area contributed by atoms with Gasteiger partial charge >= 0.3 is 5.97 Å². The van der Waals surface area contributed by atoms with Gasteiger partial charge in [-0.1, -0.05) is 26.8 Å². The molecule has 0 aromatic carbocycles. The van der Waals surface area contributed by atoms with Crippen LogP contribution in [-0.4, -0.2) is 23.0 Å². The molecule has 80 valence electrons. The molecular weight excluding hydrogens is 182 g/mol. The summed E-state index contributed by atoms with van der Waals surface area (Å²) >= 11 is 0. The van der Waals surface area contributed by atoms with Crippen LogP contribution in [0.4, 0.5) is 0 Å². The lowest BCUT2D eigenvalue weighted by Gasteiger charge is -2.27. The van der Waals surface area contributed by atoms with E-state index in [1.807, 2.05) is 0 Å². The molecule has 1 unspecified atom stereocenters. The minimum Gasteiger partial charge on any atom is -0.480 e. The first-order valence-electron chi connectivity index (χ1n) is 4.42. The van der Waals surface area contributed by atoms with E-state index in [1.165, 1.54) is 6.08 Å². The SMILES string of the molecule is C=CCC(=O)NC(C(=O)O)C(C)(C)C. The predicted octanol–water partition coefficient (Wildman–Crippen LogP) is 1.18. The van der Waals surface area contributed by atoms with Crippen molar-refractivity contribution in [1.82, 2.24) is 5.32 Å². The van der Waals surface area contributed by atoms with E-state index < -0.39 is 17.4 Å². The summed E-state index contributed by atoms with van der Waals surface area (Å²) in [6.45, 7) is 8.70. The third kappa shape index (κ3) is 4.07. The van der Waals surface area contributed by atoms with Gasteiger partial charge in [0.1, 0.15) is 6.04 Å². The van der Waals surface area contributed by atoms with Crippen LogP contribution in [0.1, 0.15) is 27.2 Å². The zero-order valence-corrected chi connectivity index (χ0v) is 8.83. The number of nitrogens with one attached hydrogen (secondary N) is 1. The van der Waals surface area contributed by atoms with Crippen LogP contribution < -0.4 is 5.32 Å². The van der Waals surface area contributed by atoms with Crippen molar-refractivity contribution in [2.45, 2.75) is 33.2 Å². The lowest BCUT2D eigenvalue weighted by molar-refractivity contribution is -0.144. The maximum atomic E-state index is 11.2. The minimum absolute atomic E-state index is 0.139. The molecule has 0 saturated carbocycles. The molecule has 1 amide bonds. The summed E-state index contributed by atoms with van der Waals surface area (Å²) in [6.07, 6.45) is 1.58.